The highest BCUT2D eigenvalue weighted by Gasteiger charge is 2.37. The standard InChI is InChI=1S/C37H42N8O4/c1-24(40-37(48)49-4)35(46)44-20-8-12-30(44)33-38-22-28(41-33)19-16-25-14-17-26(18-15-25)29-23-39-34(42-29)31-13-9-21-45(31)36(47)32(43(2)3)27-10-6-5-7-11-27/h5-7,10-11,14-15,17-18,22-24,30-32H,8-9,12-13,20-21H2,1-4H3,(H,38,41)(H,39,42)(H,40,48)/t24-,30+,31+,32-/m1/s1. The molecule has 6 rings (SSSR count). The number of likely N-dealkylation sites (tertiary alicyclic amines) is 2. The van der Waals surface area contributed by atoms with Crippen LogP contribution < -0.4 is 5.32 Å². The fourth-order valence-corrected chi connectivity index (χ4v) is 6.72. The van der Waals surface area contributed by atoms with Crippen LogP contribution in [0.25, 0.3) is 11.3 Å². The SMILES string of the molecule is COC(=O)N[C@H](C)C(=O)N1CCC[C@H]1c1ncc(C#Cc2ccc(-c3cnc([C@@H]4CCCN4C(=O)[C@@H](c4ccccc4)N(C)C)[nH]3)cc2)[nH]1. The van der Waals surface area contributed by atoms with E-state index in [2.05, 4.69) is 36.8 Å². The molecule has 2 fully saturated rings. The van der Waals surface area contributed by atoms with Gasteiger partial charge in [0, 0.05) is 18.7 Å². The molecule has 2 aliphatic rings. The minimum Gasteiger partial charge on any atom is -0.453 e. The number of alkyl carbamates (subject to hydrolysis) is 1. The van der Waals surface area contributed by atoms with Crippen molar-refractivity contribution in [3.63, 3.8) is 0 Å². The highest BCUT2D eigenvalue weighted by Crippen LogP contribution is 2.35. The zero-order chi connectivity index (χ0) is 34.5. The van der Waals surface area contributed by atoms with Crippen molar-refractivity contribution >= 4 is 17.9 Å². The quantitative estimate of drug-likeness (QED) is 0.235. The number of ether oxygens (including phenoxy) is 1. The van der Waals surface area contributed by atoms with Crippen LogP contribution >= 0.6 is 0 Å². The molecule has 0 radical (unpaired) electrons. The average Bonchev–Trinajstić information content (AvgIpc) is 3.94. The molecule has 4 atom stereocenters. The number of hydrogen-bond donors (Lipinski definition) is 3. The number of carbonyl (C=O) groups is 3. The van der Waals surface area contributed by atoms with Crippen LogP contribution in [0.5, 0.6) is 0 Å². The largest absolute Gasteiger partial charge is 0.453 e. The van der Waals surface area contributed by atoms with Gasteiger partial charge in [-0.25, -0.2) is 14.8 Å². The van der Waals surface area contributed by atoms with Crippen LogP contribution in [0.1, 0.15) is 79.2 Å². The molecule has 0 saturated carbocycles. The zero-order valence-corrected chi connectivity index (χ0v) is 28.3. The lowest BCUT2D eigenvalue weighted by molar-refractivity contribution is -0.137. The number of amides is 3. The molecule has 3 amide bonds. The first-order valence-electron chi connectivity index (χ1n) is 16.6. The van der Waals surface area contributed by atoms with Crippen LogP contribution in [-0.4, -0.2) is 92.9 Å². The van der Waals surface area contributed by atoms with Crippen molar-refractivity contribution in [2.45, 2.75) is 56.8 Å². The monoisotopic (exact) mass is 662 g/mol. The van der Waals surface area contributed by atoms with Crippen molar-refractivity contribution in [3.8, 4) is 23.1 Å². The molecule has 0 spiro atoms. The molecule has 2 aliphatic heterocycles. The van der Waals surface area contributed by atoms with Crippen molar-refractivity contribution in [3.05, 3.63) is 95.5 Å². The molecule has 4 aromatic rings. The van der Waals surface area contributed by atoms with E-state index in [1.807, 2.05) is 84.7 Å². The van der Waals surface area contributed by atoms with E-state index < -0.39 is 12.1 Å². The Morgan fingerprint density at radius 3 is 2.16 bits per heavy atom. The predicted octanol–water partition coefficient (Wildman–Crippen LogP) is 4.57. The summed E-state index contributed by atoms with van der Waals surface area (Å²) in [5.41, 5.74) is 4.32. The summed E-state index contributed by atoms with van der Waals surface area (Å²) >= 11 is 0. The first-order chi connectivity index (χ1) is 23.7. The van der Waals surface area contributed by atoms with Gasteiger partial charge in [-0.1, -0.05) is 48.4 Å². The summed E-state index contributed by atoms with van der Waals surface area (Å²) in [5, 5.41) is 2.54. The van der Waals surface area contributed by atoms with Crippen molar-refractivity contribution in [2.24, 2.45) is 0 Å². The summed E-state index contributed by atoms with van der Waals surface area (Å²) in [6.45, 7) is 2.93. The van der Waals surface area contributed by atoms with Crippen molar-refractivity contribution in [1.82, 2.24) is 40.0 Å². The highest BCUT2D eigenvalue weighted by molar-refractivity contribution is 5.86. The normalized spacial score (nSPS) is 18.6. The van der Waals surface area contributed by atoms with Gasteiger partial charge in [0.05, 0.1) is 37.3 Å². The molecule has 12 heteroatoms. The van der Waals surface area contributed by atoms with Crippen molar-refractivity contribution in [2.75, 3.05) is 34.3 Å². The number of imidazole rings is 2. The van der Waals surface area contributed by atoms with Crippen LogP contribution in [0.4, 0.5) is 4.79 Å². The van der Waals surface area contributed by atoms with E-state index in [1.54, 1.807) is 18.0 Å². The maximum absolute atomic E-state index is 13.8. The number of aromatic amines is 2. The second-order valence-corrected chi connectivity index (χ2v) is 12.7. The lowest BCUT2D eigenvalue weighted by Gasteiger charge is -2.31. The van der Waals surface area contributed by atoms with E-state index in [4.69, 9.17) is 4.98 Å². The number of nitrogens with one attached hydrogen (secondary N) is 3. The molecule has 3 N–H and O–H groups in total. The van der Waals surface area contributed by atoms with Gasteiger partial charge in [0.1, 0.15) is 29.4 Å². The second kappa shape index (κ2) is 14.8. The van der Waals surface area contributed by atoms with Crippen LogP contribution in [0.3, 0.4) is 0 Å². The highest BCUT2D eigenvalue weighted by atomic mass is 16.5. The fourth-order valence-electron chi connectivity index (χ4n) is 6.72. The molecule has 4 heterocycles. The molecule has 0 bridgehead atoms. The van der Waals surface area contributed by atoms with Crippen LogP contribution in [0.15, 0.2) is 67.0 Å². The number of methoxy groups -OCH3 is 1. The van der Waals surface area contributed by atoms with E-state index in [0.29, 0.717) is 24.6 Å². The first kappa shape index (κ1) is 33.5. The number of rotatable bonds is 8. The lowest BCUT2D eigenvalue weighted by Crippen LogP contribution is -2.46. The van der Waals surface area contributed by atoms with Gasteiger partial charge in [0.2, 0.25) is 11.8 Å². The number of likely N-dealkylation sites (N-methyl/N-ethyl adjacent to an activating group) is 1. The van der Waals surface area contributed by atoms with Gasteiger partial charge in [0.25, 0.3) is 0 Å². The number of carbonyl (C=O) groups excluding carboxylic acids is 3. The number of hydrogen-bond acceptors (Lipinski definition) is 7. The summed E-state index contributed by atoms with van der Waals surface area (Å²) in [6.07, 6.45) is 6.26. The Morgan fingerprint density at radius 2 is 1.51 bits per heavy atom. The molecule has 2 saturated heterocycles. The van der Waals surface area contributed by atoms with E-state index >= 15 is 0 Å². The number of aromatic nitrogens is 4. The van der Waals surface area contributed by atoms with Gasteiger partial charge < -0.3 is 29.8 Å². The second-order valence-electron chi connectivity index (χ2n) is 12.7. The number of nitrogens with zero attached hydrogens (tertiary/aromatic N) is 5. The van der Waals surface area contributed by atoms with Gasteiger partial charge in [-0.05, 0) is 75.9 Å². The maximum atomic E-state index is 13.8. The van der Waals surface area contributed by atoms with E-state index in [-0.39, 0.29) is 29.9 Å². The summed E-state index contributed by atoms with van der Waals surface area (Å²) in [5.74, 6) is 7.70. The van der Waals surface area contributed by atoms with Crippen LogP contribution in [0.2, 0.25) is 0 Å². The molecule has 49 heavy (non-hydrogen) atoms. The van der Waals surface area contributed by atoms with Gasteiger partial charge in [0.15, 0.2) is 0 Å². The first-order valence-corrected chi connectivity index (χ1v) is 16.6. The van der Waals surface area contributed by atoms with E-state index in [1.165, 1.54) is 7.11 Å². The summed E-state index contributed by atoms with van der Waals surface area (Å²) in [6, 6.07) is 16.4. The zero-order valence-electron chi connectivity index (χ0n) is 28.3. The van der Waals surface area contributed by atoms with Gasteiger partial charge in [-0.2, -0.15) is 0 Å². The molecular formula is C37H42N8O4. The third-order valence-corrected chi connectivity index (χ3v) is 9.19. The summed E-state index contributed by atoms with van der Waals surface area (Å²) in [7, 11) is 5.15. The Bertz CT molecular complexity index is 1840. The lowest BCUT2D eigenvalue weighted by atomic mass is 10.0. The summed E-state index contributed by atoms with van der Waals surface area (Å²) in [4.78, 5) is 60.0. The number of benzene rings is 2. The Balaban J connectivity index is 1.10. The smallest absolute Gasteiger partial charge is 0.407 e. The Morgan fingerprint density at radius 1 is 0.878 bits per heavy atom. The van der Waals surface area contributed by atoms with Gasteiger partial charge in [-0.15, -0.1) is 0 Å². The van der Waals surface area contributed by atoms with Crippen LogP contribution in [0, 0.1) is 11.8 Å². The van der Waals surface area contributed by atoms with Crippen molar-refractivity contribution in [1.29, 1.82) is 0 Å². The molecule has 2 aromatic carbocycles. The molecule has 0 aliphatic carbocycles. The predicted molar refractivity (Wildman–Crippen MR) is 184 cm³/mol. The number of H-pyrrole nitrogens is 2. The van der Waals surface area contributed by atoms with E-state index in [0.717, 1.165) is 53.9 Å². The fraction of sp³-hybridized carbons (Fsp3) is 0.378. The third-order valence-electron chi connectivity index (χ3n) is 9.19. The van der Waals surface area contributed by atoms with E-state index in [9.17, 15) is 14.4 Å². The van der Waals surface area contributed by atoms with Gasteiger partial charge in [-0.3, -0.25) is 14.5 Å². The minimum absolute atomic E-state index is 0.0839. The topological polar surface area (TPSA) is 140 Å². The molecule has 0 unspecified atom stereocenters. The van der Waals surface area contributed by atoms with Crippen LogP contribution in [-0.2, 0) is 14.3 Å². The Labute approximate surface area is 286 Å². The Hall–Kier alpha value is -5.41. The molecular weight excluding hydrogens is 620 g/mol. The molecule has 12 nitrogen and oxygen atoms in total. The average molecular weight is 663 g/mol. The summed E-state index contributed by atoms with van der Waals surface area (Å²) < 4.78 is 4.62. The third kappa shape index (κ3) is 7.37. The Kier molecular flexibility index (Phi) is 10.1. The maximum Gasteiger partial charge on any atom is 0.407 e. The van der Waals surface area contributed by atoms with Crippen molar-refractivity contribution < 1.29 is 19.1 Å². The van der Waals surface area contributed by atoms with Gasteiger partial charge >= 0.3 is 6.09 Å². The molecule has 2 aromatic heterocycles. The molecule has 254 valence electrons. The minimum atomic E-state index is -0.707.